The number of rotatable bonds is 2. The van der Waals surface area contributed by atoms with Gasteiger partial charge in [0, 0.05) is 18.0 Å². The molecule has 2 atom stereocenters. The van der Waals surface area contributed by atoms with Gasteiger partial charge < -0.3 is 14.8 Å². The maximum absolute atomic E-state index is 12.4. The van der Waals surface area contributed by atoms with Crippen LogP contribution in [0.1, 0.15) is 47.6 Å². The monoisotopic (exact) mass is 402 g/mol. The van der Waals surface area contributed by atoms with E-state index in [0.29, 0.717) is 16.8 Å². The van der Waals surface area contributed by atoms with Gasteiger partial charge in [0.05, 0.1) is 23.1 Å². The third-order valence-corrected chi connectivity index (χ3v) is 4.69. The van der Waals surface area contributed by atoms with Crippen molar-refractivity contribution < 1.29 is 23.4 Å². The first-order chi connectivity index (χ1) is 13.8. The van der Waals surface area contributed by atoms with Crippen LogP contribution >= 0.6 is 0 Å². The molecule has 0 radical (unpaired) electrons. The second-order valence-electron chi connectivity index (χ2n) is 6.86. The minimum atomic E-state index is -1.21. The van der Waals surface area contributed by atoms with E-state index in [1.807, 2.05) is 6.92 Å². The number of benzene rings is 1. The van der Waals surface area contributed by atoms with Crippen molar-refractivity contribution in [3.63, 3.8) is 0 Å². The highest BCUT2D eigenvalue weighted by molar-refractivity contribution is 6.00. The summed E-state index contributed by atoms with van der Waals surface area (Å²) < 4.78 is 30.3. The molecule has 152 valence electrons. The summed E-state index contributed by atoms with van der Waals surface area (Å²) in [5.74, 6) is -2.74. The smallest absolute Gasteiger partial charge is 0.355 e. The lowest BCUT2D eigenvalue weighted by atomic mass is 10.1. The van der Waals surface area contributed by atoms with E-state index in [1.54, 1.807) is 6.07 Å². The summed E-state index contributed by atoms with van der Waals surface area (Å²) in [6.07, 6.45) is 3.21. The van der Waals surface area contributed by atoms with Crippen LogP contribution in [0.3, 0.4) is 0 Å². The quantitative estimate of drug-likeness (QED) is 0.672. The van der Waals surface area contributed by atoms with Gasteiger partial charge in [0.1, 0.15) is 0 Å². The maximum atomic E-state index is 12.4. The summed E-state index contributed by atoms with van der Waals surface area (Å²) in [7, 11) is 0. The summed E-state index contributed by atoms with van der Waals surface area (Å²) in [5, 5.41) is 9.19. The molecule has 3 heterocycles. The maximum Gasteiger partial charge on any atom is 0.355 e. The van der Waals surface area contributed by atoms with Crippen molar-refractivity contribution in [1.82, 2.24) is 9.97 Å². The molecular formula is C21H20F2N2O4. The van der Waals surface area contributed by atoms with E-state index in [-0.39, 0.29) is 28.7 Å². The van der Waals surface area contributed by atoms with Gasteiger partial charge in [0.15, 0.2) is 22.8 Å². The number of aryl methyl sites for hydroxylation is 1. The summed E-state index contributed by atoms with van der Waals surface area (Å²) >= 11 is 0. The number of hydrogen-bond acceptors (Lipinski definition) is 4. The fourth-order valence-corrected chi connectivity index (χ4v) is 3.20. The number of H-pyrrole nitrogens is 1. The van der Waals surface area contributed by atoms with Gasteiger partial charge in [-0.15, -0.1) is 0 Å². The molecule has 0 spiro atoms. The molecule has 4 rings (SSSR count). The molecule has 0 aliphatic carbocycles. The second-order valence-corrected chi connectivity index (χ2v) is 6.86. The fourth-order valence-electron chi connectivity index (χ4n) is 3.20. The number of aromatic amines is 1. The van der Waals surface area contributed by atoms with Crippen molar-refractivity contribution in [3.05, 3.63) is 75.3 Å². The third kappa shape index (κ3) is 4.48. The average Bonchev–Trinajstić information content (AvgIpc) is 3.12. The minimum Gasteiger partial charge on any atom is -0.476 e. The van der Waals surface area contributed by atoms with Crippen LogP contribution < -0.4 is 5.43 Å². The molecule has 1 fully saturated rings. The number of carboxylic acid groups (broad SMARTS) is 1. The molecule has 1 aliphatic heterocycles. The van der Waals surface area contributed by atoms with Crippen LogP contribution in [0.2, 0.25) is 0 Å². The van der Waals surface area contributed by atoms with E-state index >= 15 is 0 Å². The molecule has 1 saturated heterocycles. The van der Waals surface area contributed by atoms with Gasteiger partial charge in [-0.05, 0) is 44.4 Å². The number of carboxylic acids is 1. The van der Waals surface area contributed by atoms with E-state index in [1.165, 1.54) is 31.3 Å². The normalized spacial score (nSPS) is 18.3. The van der Waals surface area contributed by atoms with E-state index in [4.69, 9.17) is 9.84 Å². The Labute approximate surface area is 165 Å². The van der Waals surface area contributed by atoms with E-state index in [9.17, 15) is 18.4 Å². The average molecular weight is 402 g/mol. The van der Waals surface area contributed by atoms with Gasteiger partial charge in [0.25, 0.3) is 0 Å². The van der Waals surface area contributed by atoms with Gasteiger partial charge in [0.2, 0.25) is 0 Å². The van der Waals surface area contributed by atoms with Crippen LogP contribution in [0.4, 0.5) is 8.78 Å². The van der Waals surface area contributed by atoms with Crippen molar-refractivity contribution in [2.24, 2.45) is 0 Å². The van der Waals surface area contributed by atoms with Gasteiger partial charge in [-0.1, -0.05) is 12.1 Å². The van der Waals surface area contributed by atoms with Crippen molar-refractivity contribution in [2.75, 3.05) is 0 Å². The lowest BCUT2D eigenvalue weighted by Crippen LogP contribution is -2.14. The molecule has 6 nitrogen and oxygen atoms in total. The summed E-state index contributed by atoms with van der Waals surface area (Å²) in [6.45, 7) is 3.52. The van der Waals surface area contributed by atoms with Gasteiger partial charge >= 0.3 is 5.97 Å². The number of fused-ring (bicyclic) bond motifs is 1. The zero-order valence-electron chi connectivity index (χ0n) is 15.9. The zero-order valence-corrected chi connectivity index (χ0v) is 15.9. The lowest BCUT2D eigenvalue weighted by molar-refractivity contribution is 0.0532. The number of hydrogen-bond donors (Lipinski definition) is 2. The first-order valence-corrected chi connectivity index (χ1v) is 9.09. The lowest BCUT2D eigenvalue weighted by Gasteiger charge is -2.12. The van der Waals surface area contributed by atoms with Crippen LogP contribution in [0.15, 0.2) is 41.3 Å². The standard InChI is InChI=1S/C14H14N2O4.C7H6F2/c1-7-2-3-11(20-7)9-6-10(17)12-8(16-9)4-5-15-13(12)14(18)19;1-5-3-2-4-6(8)7(5)9/h4-7,11H,2-3H2,1H3,(H,16,17)(H,18,19);2-4H,1H3. The first kappa shape index (κ1) is 20.6. The Morgan fingerprint density at radius 2 is 2.03 bits per heavy atom. The van der Waals surface area contributed by atoms with Crippen molar-refractivity contribution in [3.8, 4) is 0 Å². The third-order valence-electron chi connectivity index (χ3n) is 4.69. The number of ether oxygens (including phenoxy) is 1. The Balaban J connectivity index is 0.000000224. The molecule has 2 aromatic heterocycles. The Kier molecular flexibility index (Phi) is 6.03. The van der Waals surface area contributed by atoms with Crippen LogP contribution in [0.5, 0.6) is 0 Å². The van der Waals surface area contributed by atoms with Crippen LogP contribution in [0.25, 0.3) is 10.9 Å². The van der Waals surface area contributed by atoms with E-state index in [0.717, 1.165) is 18.9 Å². The zero-order chi connectivity index (χ0) is 21.1. The number of halogens is 2. The molecule has 2 unspecified atom stereocenters. The molecule has 0 saturated carbocycles. The van der Waals surface area contributed by atoms with Crippen molar-refractivity contribution in [1.29, 1.82) is 0 Å². The molecule has 3 aromatic rings. The van der Waals surface area contributed by atoms with Gasteiger partial charge in [-0.3, -0.25) is 4.79 Å². The Morgan fingerprint density at radius 1 is 1.28 bits per heavy atom. The van der Waals surface area contributed by atoms with Crippen LogP contribution in [0, 0.1) is 18.6 Å². The topological polar surface area (TPSA) is 92.3 Å². The summed E-state index contributed by atoms with van der Waals surface area (Å²) in [6, 6.07) is 7.12. The minimum absolute atomic E-state index is 0.106. The second kappa shape index (κ2) is 8.48. The molecule has 0 amide bonds. The van der Waals surface area contributed by atoms with Crippen LogP contribution in [-0.4, -0.2) is 27.1 Å². The Bertz CT molecular complexity index is 1090. The number of aromatic carboxylic acids is 1. The molecule has 1 aliphatic rings. The Morgan fingerprint density at radius 3 is 2.62 bits per heavy atom. The highest BCUT2D eigenvalue weighted by Gasteiger charge is 2.25. The number of pyridine rings is 2. The molecule has 8 heteroatoms. The van der Waals surface area contributed by atoms with Crippen molar-refractivity contribution >= 4 is 16.9 Å². The molecule has 0 bridgehead atoms. The highest BCUT2D eigenvalue weighted by atomic mass is 19.2. The first-order valence-electron chi connectivity index (χ1n) is 9.09. The number of aromatic nitrogens is 2. The number of carbonyl (C=O) groups is 1. The highest BCUT2D eigenvalue weighted by Crippen LogP contribution is 2.31. The molecular weight excluding hydrogens is 382 g/mol. The van der Waals surface area contributed by atoms with E-state index < -0.39 is 17.6 Å². The Hall–Kier alpha value is -3.13. The largest absolute Gasteiger partial charge is 0.476 e. The predicted octanol–water partition coefficient (Wildman–Crippen LogP) is 4.13. The van der Waals surface area contributed by atoms with Crippen LogP contribution in [-0.2, 0) is 4.74 Å². The predicted molar refractivity (Wildman–Crippen MR) is 103 cm³/mol. The van der Waals surface area contributed by atoms with Gasteiger partial charge in [-0.25, -0.2) is 18.6 Å². The SMILES string of the molecule is CC1CCC(c2cc(=O)c3c(C(=O)O)nccc3[nH]2)O1.Cc1cccc(F)c1F. The molecule has 2 N–H and O–H groups in total. The number of nitrogens with one attached hydrogen (secondary N) is 1. The van der Waals surface area contributed by atoms with Gasteiger partial charge in [-0.2, -0.15) is 0 Å². The fraction of sp³-hybridized carbons (Fsp3) is 0.286. The summed E-state index contributed by atoms with van der Waals surface area (Å²) in [4.78, 5) is 30.1. The summed E-state index contributed by atoms with van der Waals surface area (Å²) in [5.41, 5.74) is 0.936. The molecule has 29 heavy (non-hydrogen) atoms. The molecule has 1 aromatic carbocycles. The van der Waals surface area contributed by atoms with E-state index in [2.05, 4.69) is 9.97 Å². The number of nitrogens with zero attached hydrogens (tertiary/aromatic N) is 1. The van der Waals surface area contributed by atoms with Crippen molar-refractivity contribution in [2.45, 2.75) is 38.9 Å².